The van der Waals surface area contributed by atoms with Gasteiger partial charge in [-0.2, -0.15) is 0 Å². The Morgan fingerprint density at radius 1 is 1.18 bits per heavy atom. The molecule has 2 aromatic carbocycles. The second-order valence-electron chi connectivity index (χ2n) is 11.0. The summed E-state index contributed by atoms with van der Waals surface area (Å²) in [4.78, 5) is 23.9. The lowest BCUT2D eigenvalue weighted by Crippen LogP contribution is -2.47. The van der Waals surface area contributed by atoms with Gasteiger partial charge in [0.2, 0.25) is 5.91 Å². The highest BCUT2D eigenvalue weighted by Crippen LogP contribution is 2.51. The van der Waals surface area contributed by atoms with Crippen molar-refractivity contribution in [3.8, 4) is 5.75 Å². The molecule has 3 aliphatic rings. The fourth-order valence-corrected chi connectivity index (χ4v) is 6.64. The molecule has 40 heavy (non-hydrogen) atoms. The number of carboxylic acids is 1. The summed E-state index contributed by atoms with van der Waals surface area (Å²) in [6.45, 7) is 1.81. The Morgan fingerprint density at radius 3 is 2.50 bits per heavy atom. The number of methoxy groups -OCH3 is 1. The number of nitrogens with one attached hydrogen (secondary N) is 1. The van der Waals surface area contributed by atoms with Crippen LogP contribution in [-0.2, 0) is 26.3 Å². The fourth-order valence-electron chi connectivity index (χ4n) is 6.37. The van der Waals surface area contributed by atoms with Crippen molar-refractivity contribution >= 4 is 29.1 Å². The molecule has 1 saturated carbocycles. The summed E-state index contributed by atoms with van der Waals surface area (Å²) in [5, 5.41) is 13.3. The number of rotatable bonds is 8. The second kappa shape index (κ2) is 11.0. The molecule has 5 rings (SSSR count). The quantitative estimate of drug-likeness (QED) is 0.415. The number of benzene rings is 2. The third kappa shape index (κ3) is 5.04. The first-order valence-electron chi connectivity index (χ1n) is 13.5. The lowest BCUT2D eigenvalue weighted by molar-refractivity contribution is -0.142. The average molecular weight is 569 g/mol. The third-order valence-corrected chi connectivity index (χ3v) is 8.85. The van der Waals surface area contributed by atoms with Crippen LogP contribution < -0.4 is 15.8 Å². The highest BCUT2D eigenvalue weighted by atomic mass is 35.5. The van der Waals surface area contributed by atoms with Gasteiger partial charge < -0.3 is 25.6 Å². The zero-order chi connectivity index (χ0) is 28.7. The van der Waals surface area contributed by atoms with E-state index < -0.39 is 29.3 Å². The van der Waals surface area contributed by atoms with Crippen LogP contribution in [0.1, 0.15) is 49.3 Å². The van der Waals surface area contributed by atoms with Gasteiger partial charge in [-0.15, -0.1) is 0 Å². The van der Waals surface area contributed by atoms with Gasteiger partial charge in [0.15, 0.2) is 11.3 Å². The molecule has 9 heteroatoms. The number of hydrogen-bond acceptors (Lipinski definition) is 5. The number of primary amides is 1. The lowest BCUT2D eigenvalue weighted by atomic mass is 9.76. The lowest BCUT2D eigenvalue weighted by Gasteiger charge is -2.35. The molecule has 2 unspecified atom stereocenters. The van der Waals surface area contributed by atoms with Crippen molar-refractivity contribution in [1.29, 1.82) is 0 Å². The molecule has 2 aromatic rings. The Balaban J connectivity index is 1.55. The Morgan fingerprint density at radius 2 is 1.88 bits per heavy atom. The van der Waals surface area contributed by atoms with Gasteiger partial charge in [0, 0.05) is 53.4 Å². The number of amides is 1. The van der Waals surface area contributed by atoms with E-state index in [1.54, 1.807) is 12.1 Å². The van der Waals surface area contributed by atoms with E-state index in [-0.39, 0.29) is 28.1 Å². The van der Waals surface area contributed by atoms with Gasteiger partial charge in [-0.3, -0.25) is 9.59 Å². The number of ether oxygens (including phenoxy) is 2. The third-order valence-electron chi connectivity index (χ3n) is 8.54. The number of carbonyl (C=O) groups excluding carboxylic acids is 1. The number of fused-ring (bicyclic) bond motifs is 1. The predicted molar refractivity (Wildman–Crippen MR) is 151 cm³/mol. The summed E-state index contributed by atoms with van der Waals surface area (Å²) in [6, 6.07) is 13.4. The van der Waals surface area contributed by atoms with E-state index in [4.69, 9.17) is 26.8 Å². The molecule has 0 spiro atoms. The number of alkyl halides is 1. The molecule has 0 saturated heterocycles. The highest BCUT2D eigenvalue weighted by Gasteiger charge is 2.48. The van der Waals surface area contributed by atoms with E-state index in [0.717, 1.165) is 18.4 Å². The zero-order valence-corrected chi connectivity index (χ0v) is 23.3. The molecule has 4 N–H and O–H groups in total. The number of aliphatic carboxylic acids is 1. The van der Waals surface area contributed by atoms with Crippen molar-refractivity contribution in [2.45, 2.75) is 62.4 Å². The largest absolute Gasteiger partial charge is 0.481 e. The number of carboxylic acid groups (broad SMARTS) is 1. The molecular formula is C31H34ClFN2O5. The number of hydrogen-bond donors (Lipinski definition) is 3. The zero-order valence-electron chi connectivity index (χ0n) is 22.6. The van der Waals surface area contributed by atoms with Crippen LogP contribution in [0.2, 0.25) is 5.02 Å². The molecule has 1 amide bonds. The first kappa shape index (κ1) is 28.3. The summed E-state index contributed by atoms with van der Waals surface area (Å²) in [5.41, 5.74) is 4.94. The number of halogens is 2. The van der Waals surface area contributed by atoms with Crippen molar-refractivity contribution in [3.63, 3.8) is 0 Å². The molecule has 3 atom stereocenters. The Bertz CT molecular complexity index is 1370. The van der Waals surface area contributed by atoms with Crippen molar-refractivity contribution in [2.24, 2.45) is 11.7 Å². The molecule has 0 radical (unpaired) electrons. The topological polar surface area (TPSA) is 111 Å². The fraction of sp³-hybridized carbons (Fsp3) is 0.419. The molecule has 2 aliphatic carbocycles. The van der Waals surface area contributed by atoms with E-state index >= 15 is 4.39 Å². The van der Waals surface area contributed by atoms with Crippen LogP contribution in [0.15, 0.2) is 60.2 Å². The van der Waals surface area contributed by atoms with Crippen molar-refractivity contribution in [3.05, 3.63) is 81.9 Å². The summed E-state index contributed by atoms with van der Waals surface area (Å²) >= 11 is 6.77. The first-order valence-corrected chi connectivity index (χ1v) is 13.9. The van der Waals surface area contributed by atoms with E-state index in [1.807, 2.05) is 30.3 Å². The van der Waals surface area contributed by atoms with Crippen LogP contribution in [-0.4, -0.2) is 48.5 Å². The van der Waals surface area contributed by atoms with Crippen LogP contribution in [0.5, 0.6) is 5.75 Å². The Hall–Kier alpha value is -3.20. The van der Waals surface area contributed by atoms with E-state index in [9.17, 15) is 14.7 Å². The van der Waals surface area contributed by atoms with E-state index in [0.29, 0.717) is 42.7 Å². The standard InChI is InChI=1S/C31H34ClFN2O5/c1-30(33)25(39-2)15-12-21(28(34)36)27(30)26-22-16-31(19-6-4-3-5-7-19,40-24(22)14-13-23(26)32)17-35-20-10-8-18(9-11-20)29(37)38/h3-7,12-15,18,20,25,35H,8-11,16-17H2,1-2H3,(H2,34,36)(H,37,38)/t18?,20?,25?,30?,31-/m1/s1. The van der Waals surface area contributed by atoms with Crippen LogP contribution in [0.3, 0.4) is 0 Å². The van der Waals surface area contributed by atoms with Crippen LogP contribution in [0.25, 0.3) is 5.57 Å². The molecule has 0 bridgehead atoms. The van der Waals surface area contributed by atoms with Gasteiger partial charge in [-0.25, -0.2) is 4.39 Å². The molecule has 212 valence electrons. The van der Waals surface area contributed by atoms with Crippen molar-refractivity contribution < 1.29 is 28.6 Å². The molecule has 7 nitrogen and oxygen atoms in total. The minimum absolute atomic E-state index is 0.0409. The Labute approximate surface area is 238 Å². The van der Waals surface area contributed by atoms with Gasteiger partial charge in [-0.1, -0.05) is 54.1 Å². The molecule has 1 aliphatic heterocycles. The first-order chi connectivity index (χ1) is 19.1. The second-order valence-corrected chi connectivity index (χ2v) is 11.5. The number of nitrogens with two attached hydrogens (primary N) is 1. The minimum Gasteiger partial charge on any atom is -0.481 e. The summed E-state index contributed by atoms with van der Waals surface area (Å²) in [5.74, 6) is -1.25. The molecule has 1 heterocycles. The maximum Gasteiger partial charge on any atom is 0.306 e. The monoisotopic (exact) mass is 568 g/mol. The van der Waals surface area contributed by atoms with Gasteiger partial charge in [0.25, 0.3) is 0 Å². The van der Waals surface area contributed by atoms with Gasteiger partial charge in [0.05, 0.1) is 5.92 Å². The van der Waals surface area contributed by atoms with Crippen LogP contribution in [0, 0.1) is 5.92 Å². The van der Waals surface area contributed by atoms with Crippen molar-refractivity contribution in [1.82, 2.24) is 5.32 Å². The highest BCUT2D eigenvalue weighted by molar-refractivity contribution is 6.33. The summed E-state index contributed by atoms with van der Waals surface area (Å²) in [6.07, 6.45) is 5.18. The summed E-state index contributed by atoms with van der Waals surface area (Å²) in [7, 11) is 1.41. The molecule has 1 fully saturated rings. The SMILES string of the molecule is COC1C=CC(C(N)=O)=C(c2c(Cl)ccc3c2C[C@@](CNC2CCC(C(=O)O)CC2)(c2ccccc2)O3)C1(C)F. The maximum absolute atomic E-state index is 16.5. The average Bonchev–Trinajstić information content (AvgIpc) is 3.32. The Kier molecular flexibility index (Phi) is 7.79. The van der Waals surface area contributed by atoms with E-state index in [2.05, 4.69) is 5.32 Å². The van der Waals surface area contributed by atoms with Gasteiger partial charge in [0.1, 0.15) is 11.9 Å². The number of carbonyl (C=O) groups is 2. The van der Waals surface area contributed by atoms with Crippen LogP contribution >= 0.6 is 11.6 Å². The maximum atomic E-state index is 16.5. The summed E-state index contributed by atoms with van der Waals surface area (Å²) < 4.78 is 28.7. The minimum atomic E-state index is -2.09. The van der Waals surface area contributed by atoms with E-state index in [1.165, 1.54) is 26.2 Å². The van der Waals surface area contributed by atoms with Crippen molar-refractivity contribution in [2.75, 3.05) is 13.7 Å². The van der Waals surface area contributed by atoms with Crippen LogP contribution in [0.4, 0.5) is 4.39 Å². The molecule has 0 aromatic heterocycles. The van der Waals surface area contributed by atoms with Gasteiger partial charge >= 0.3 is 5.97 Å². The predicted octanol–water partition coefficient (Wildman–Crippen LogP) is 4.96. The smallest absolute Gasteiger partial charge is 0.306 e. The normalized spacial score (nSPS) is 29.6. The molecular weight excluding hydrogens is 535 g/mol. The van der Waals surface area contributed by atoms with Gasteiger partial charge in [-0.05, 0) is 50.3 Å².